The van der Waals surface area contributed by atoms with E-state index in [1.165, 1.54) is 0 Å². The van der Waals surface area contributed by atoms with Crippen molar-refractivity contribution in [3.8, 4) is 22.5 Å². The second-order valence-corrected chi connectivity index (χ2v) is 8.18. The van der Waals surface area contributed by atoms with Gasteiger partial charge in [-0.15, -0.1) is 24.0 Å². The third-order valence-electron chi connectivity index (χ3n) is 5.20. The Hall–Kier alpha value is -3.42. The van der Waals surface area contributed by atoms with Gasteiger partial charge in [-0.25, -0.2) is 19.9 Å². The molecule has 4 rings (SSSR count). The summed E-state index contributed by atoms with van der Waals surface area (Å²) in [5, 5.41) is 0. The van der Waals surface area contributed by atoms with Gasteiger partial charge in [0.15, 0.2) is 0 Å². The molecule has 0 amide bonds. The van der Waals surface area contributed by atoms with E-state index in [-0.39, 0.29) is 12.4 Å². The van der Waals surface area contributed by atoms with Gasteiger partial charge in [-0.2, -0.15) is 26.3 Å². The summed E-state index contributed by atoms with van der Waals surface area (Å²) >= 11 is 5.77. The zero-order valence-corrected chi connectivity index (χ0v) is 21.9. The molecule has 0 atom stereocenters. The minimum absolute atomic E-state index is 0. The van der Waals surface area contributed by atoms with Crippen LogP contribution in [0.5, 0.6) is 0 Å². The third-order valence-corrected chi connectivity index (χ3v) is 5.48. The molecule has 0 saturated heterocycles. The zero-order valence-electron chi connectivity index (χ0n) is 20.3. The highest BCUT2D eigenvalue weighted by atomic mass is 35.5. The Morgan fingerprint density at radius 2 is 1.00 bits per heavy atom. The number of alkyl halides is 7. The van der Waals surface area contributed by atoms with Gasteiger partial charge in [0.25, 0.3) is 0 Å². The van der Waals surface area contributed by atoms with Gasteiger partial charge in [-0.3, -0.25) is 9.97 Å². The van der Waals surface area contributed by atoms with Crippen molar-refractivity contribution >= 4 is 24.0 Å². The molecule has 0 aliphatic heterocycles. The Labute approximate surface area is 230 Å². The van der Waals surface area contributed by atoms with E-state index in [1.54, 1.807) is 24.5 Å². The van der Waals surface area contributed by atoms with Crippen LogP contribution in [0.15, 0.2) is 49.3 Å². The Morgan fingerprint density at radius 1 is 0.641 bits per heavy atom. The van der Waals surface area contributed by atoms with Crippen molar-refractivity contribution in [2.45, 2.75) is 38.6 Å². The zero-order chi connectivity index (χ0) is 28.1. The highest BCUT2D eigenvalue weighted by Crippen LogP contribution is 2.28. The van der Waals surface area contributed by atoms with Crippen molar-refractivity contribution < 1.29 is 26.3 Å². The first kappa shape index (κ1) is 31.8. The van der Waals surface area contributed by atoms with Crippen LogP contribution < -0.4 is 5.73 Å². The molecule has 0 radical (unpaired) electrons. The van der Waals surface area contributed by atoms with Crippen LogP contribution in [0, 0.1) is 13.8 Å². The summed E-state index contributed by atoms with van der Waals surface area (Å²) in [7, 11) is 0. The molecular formula is C24H21Cl2F6N7. The molecule has 0 fully saturated rings. The number of pyridine rings is 2. The van der Waals surface area contributed by atoms with E-state index in [0.29, 0.717) is 34.9 Å². The van der Waals surface area contributed by atoms with E-state index in [2.05, 4.69) is 29.9 Å². The highest BCUT2D eigenvalue weighted by molar-refractivity contribution is 6.17. The minimum Gasteiger partial charge on any atom is -0.326 e. The molecule has 4 aromatic heterocycles. The number of aryl methyl sites for hydroxylation is 2. The number of hydrogen-bond acceptors (Lipinski definition) is 7. The molecule has 0 spiro atoms. The molecular weight excluding hydrogens is 571 g/mol. The Morgan fingerprint density at radius 3 is 1.33 bits per heavy atom. The van der Waals surface area contributed by atoms with E-state index in [9.17, 15) is 26.3 Å². The maximum Gasteiger partial charge on any atom is 0.451 e. The van der Waals surface area contributed by atoms with Crippen molar-refractivity contribution in [3.63, 3.8) is 0 Å². The van der Waals surface area contributed by atoms with Gasteiger partial charge in [0.05, 0.1) is 11.4 Å². The number of rotatable bonds is 4. The van der Waals surface area contributed by atoms with E-state index in [0.717, 1.165) is 47.0 Å². The summed E-state index contributed by atoms with van der Waals surface area (Å²) in [6.45, 7) is 4.06. The molecule has 0 saturated carbocycles. The first-order valence-corrected chi connectivity index (χ1v) is 11.3. The maximum atomic E-state index is 12.3. The summed E-state index contributed by atoms with van der Waals surface area (Å²) in [6.07, 6.45) is -1.43. The Kier molecular flexibility index (Phi) is 10.7. The Bertz CT molecular complexity index is 1270. The quantitative estimate of drug-likeness (QED) is 0.218. The number of aromatic nitrogens is 6. The van der Waals surface area contributed by atoms with Gasteiger partial charge in [-0.1, -0.05) is 0 Å². The highest BCUT2D eigenvalue weighted by Gasteiger charge is 2.35. The van der Waals surface area contributed by atoms with E-state index in [4.69, 9.17) is 17.3 Å². The van der Waals surface area contributed by atoms with E-state index >= 15 is 0 Å². The van der Waals surface area contributed by atoms with Crippen LogP contribution >= 0.6 is 24.0 Å². The van der Waals surface area contributed by atoms with Gasteiger partial charge in [0.2, 0.25) is 11.6 Å². The standard InChI is InChI=1S/C12H9ClF3N3.C12H11F3N4.ClH/c1-7-4-17-10(2-8(7)3-13)9-5-18-11(19-6-9)12(14,15)16;1-7-4-17-10(2-8(7)3-16)9-5-18-11(19-6-9)12(13,14)15;/h2,4-6H,3H2,1H3;2,4-6H,3,16H2,1H3;1H. The molecule has 0 aromatic carbocycles. The van der Waals surface area contributed by atoms with Crippen LogP contribution in [-0.4, -0.2) is 29.9 Å². The lowest BCUT2D eigenvalue weighted by atomic mass is 10.1. The molecule has 15 heteroatoms. The lowest BCUT2D eigenvalue weighted by Gasteiger charge is -2.07. The molecule has 7 nitrogen and oxygen atoms in total. The molecule has 208 valence electrons. The number of hydrogen-bond donors (Lipinski definition) is 1. The van der Waals surface area contributed by atoms with Crippen LogP contribution in [0.2, 0.25) is 0 Å². The van der Waals surface area contributed by atoms with E-state index < -0.39 is 24.0 Å². The third kappa shape index (κ3) is 8.28. The van der Waals surface area contributed by atoms with Crippen molar-refractivity contribution in [2.24, 2.45) is 5.73 Å². The largest absolute Gasteiger partial charge is 0.451 e. The predicted molar refractivity (Wildman–Crippen MR) is 135 cm³/mol. The second-order valence-electron chi connectivity index (χ2n) is 7.92. The molecule has 4 heterocycles. The lowest BCUT2D eigenvalue weighted by Crippen LogP contribution is -2.10. The predicted octanol–water partition coefficient (Wildman–Crippen LogP) is 6.35. The maximum absolute atomic E-state index is 12.3. The van der Waals surface area contributed by atoms with E-state index in [1.807, 2.05) is 13.8 Å². The van der Waals surface area contributed by atoms with Gasteiger partial charge in [-0.05, 0) is 48.2 Å². The van der Waals surface area contributed by atoms with Gasteiger partial charge < -0.3 is 5.73 Å². The molecule has 2 N–H and O–H groups in total. The van der Waals surface area contributed by atoms with Gasteiger partial charge in [0, 0.05) is 60.7 Å². The van der Waals surface area contributed by atoms with Crippen LogP contribution in [-0.2, 0) is 24.8 Å². The molecule has 0 aliphatic carbocycles. The first-order valence-electron chi connectivity index (χ1n) is 10.8. The van der Waals surface area contributed by atoms with Crippen LogP contribution in [0.1, 0.15) is 33.9 Å². The van der Waals surface area contributed by atoms with Crippen LogP contribution in [0.4, 0.5) is 26.3 Å². The smallest absolute Gasteiger partial charge is 0.326 e. The molecule has 0 bridgehead atoms. The summed E-state index contributed by atoms with van der Waals surface area (Å²) in [4.78, 5) is 21.4. The fraction of sp³-hybridized carbons (Fsp3) is 0.250. The first-order chi connectivity index (χ1) is 17.8. The summed E-state index contributed by atoms with van der Waals surface area (Å²) in [5.41, 5.74) is 11.0. The number of nitrogens with zero attached hydrogens (tertiary/aromatic N) is 6. The van der Waals surface area contributed by atoms with Crippen LogP contribution in [0.3, 0.4) is 0 Å². The van der Waals surface area contributed by atoms with Gasteiger partial charge in [0.1, 0.15) is 0 Å². The molecule has 0 aliphatic rings. The lowest BCUT2D eigenvalue weighted by molar-refractivity contribution is -0.145. The van der Waals surface area contributed by atoms with Crippen molar-refractivity contribution in [1.29, 1.82) is 0 Å². The monoisotopic (exact) mass is 591 g/mol. The fourth-order valence-electron chi connectivity index (χ4n) is 3.02. The van der Waals surface area contributed by atoms with Crippen molar-refractivity contribution in [1.82, 2.24) is 29.9 Å². The second kappa shape index (κ2) is 13.1. The summed E-state index contributed by atoms with van der Waals surface area (Å²) < 4.78 is 74.0. The number of halogens is 8. The average molecular weight is 592 g/mol. The van der Waals surface area contributed by atoms with Crippen LogP contribution in [0.25, 0.3) is 22.5 Å². The summed E-state index contributed by atoms with van der Waals surface area (Å²) in [5.74, 6) is -2.02. The summed E-state index contributed by atoms with van der Waals surface area (Å²) in [6, 6.07) is 3.44. The van der Waals surface area contributed by atoms with Gasteiger partial charge >= 0.3 is 12.4 Å². The minimum atomic E-state index is -4.54. The topological polar surface area (TPSA) is 103 Å². The van der Waals surface area contributed by atoms with Crippen molar-refractivity contribution in [3.05, 3.63) is 83.2 Å². The molecule has 4 aromatic rings. The molecule has 39 heavy (non-hydrogen) atoms. The Balaban J connectivity index is 0.000000267. The SMILES string of the molecule is Cc1cnc(-c2cnc(C(F)(F)F)nc2)cc1CCl.Cc1cnc(-c2cnc(C(F)(F)F)nc2)cc1CN.Cl. The average Bonchev–Trinajstić information content (AvgIpc) is 2.89. The van der Waals surface area contributed by atoms with Crippen molar-refractivity contribution in [2.75, 3.05) is 0 Å². The number of nitrogens with two attached hydrogens (primary N) is 1. The molecule has 0 unspecified atom stereocenters. The fourth-order valence-corrected chi connectivity index (χ4v) is 3.31. The normalized spacial score (nSPS) is 11.3.